The number of hydrogen-bond acceptors (Lipinski definition) is 4. The highest BCUT2D eigenvalue weighted by atomic mass is 35.5. The Kier molecular flexibility index (Phi) is 8.28. The molecule has 2 saturated heterocycles. The lowest BCUT2D eigenvalue weighted by molar-refractivity contribution is 0.0744. The molecule has 6 nitrogen and oxygen atoms in total. The molecule has 2 aromatic carbocycles. The van der Waals surface area contributed by atoms with Crippen LogP contribution in [0.25, 0.3) is 5.69 Å². The second-order valence-corrected chi connectivity index (χ2v) is 10.2. The van der Waals surface area contributed by atoms with Gasteiger partial charge in [0.05, 0.1) is 23.1 Å². The van der Waals surface area contributed by atoms with Gasteiger partial charge in [0.1, 0.15) is 0 Å². The third-order valence-electron chi connectivity index (χ3n) is 7.50. The first-order valence-electron chi connectivity index (χ1n) is 12.6. The molecule has 0 atom stereocenters. The summed E-state index contributed by atoms with van der Waals surface area (Å²) in [6, 6.07) is 12.5. The van der Waals surface area contributed by atoms with Crippen molar-refractivity contribution >= 4 is 35.6 Å². The summed E-state index contributed by atoms with van der Waals surface area (Å²) < 4.78 is 1.97. The van der Waals surface area contributed by atoms with Crippen molar-refractivity contribution in [3.05, 3.63) is 75.6 Å². The van der Waals surface area contributed by atoms with Gasteiger partial charge in [-0.25, -0.2) is 4.68 Å². The molecule has 0 spiro atoms. The molecule has 0 bridgehead atoms. The summed E-state index contributed by atoms with van der Waals surface area (Å²) >= 11 is 6.45. The van der Waals surface area contributed by atoms with Crippen molar-refractivity contribution in [2.75, 3.05) is 44.2 Å². The van der Waals surface area contributed by atoms with E-state index in [1.165, 1.54) is 16.8 Å². The van der Waals surface area contributed by atoms with Crippen LogP contribution in [0.4, 0.5) is 5.69 Å². The second-order valence-electron chi connectivity index (χ2n) is 9.83. The molecule has 2 aliphatic heterocycles. The number of amides is 1. The van der Waals surface area contributed by atoms with E-state index in [9.17, 15) is 4.79 Å². The number of anilines is 1. The van der Waals surface area contributed by atoms with Crippen molar-refractivity contribution in [3.8, 4) is 5.69 Å². The van der Waals surface area contributed by atoms with Crippen molar-refractivity contribution in [2.45, 2.75) is 39.5 Å². The van der Waals surface area contributed by atoms with Gasteiger partial charge in [-0.15, -0.1) is 12.4 Å². The van der Waals surface area contributed by atoms with Gasteiger partial charge in [0.25, 0.3) is 5.91 Å². The number of rotatable bonds is 4. The maximum atomic E-state index is 13.8. The average Bonchev–Trinajstić information content (AvgIpc) is 3.32. The smallest absolute Gasteiger partial charge is 0.257 e. The quantitative estimate of drug-likeness (QED) is 0.499. The summed E-state index contributed by atoms with van der Waals surface area (Å²) in [5.41, 5.74) is 7.51. The third kappa shape index (κ3) is 5.13. The zero-order valence-corrected chi connectivity index (χ0v) is 22.8. The number of nitrogens with zero attached hydrogens (tertiary/aromatic N) is 4. The molecule has 0 saturated carbocycles. The molecule has 1 N–H and O–H groups in total. The van der Waals surface area contributed by atoms with E-state index in [4.69, 9.17) is 16.7 Å². The lowest BCUT2D eigenvalue weighted by Gasteiger charge is -2.37. The number of aryl methyl sites for hydroxylation is 2. The van der Waals surface area contributed by atoms with E-state index in [0.29, 0.717) is 18.1 Å². The van der Waals surface area contributed by atoms with Crippen LogP contribution in [0, 0.1) is 20.8 Å². The van der Waals surface area contributed by atoms with E-state index < -0.39 is 0 Å². The van der Waals surface area contributed by atoms with Crippen LogP contribution < -0.4 is 10.2 Å². The molecule has 1 aromatic heterocycles. The van der Waals surface area contributed by atoms with Gasteiger partial charge < -0.3 is 15.1 Å². The lowest BCUT2D eigenvalue weighted by Crippen LogP contribution is -2.49. The minimum Gasteiger partial charge on any atom is -0.368 e. The van der Waals surface area contributed by atoms with E-state index in [2.05, 4.69) is 42.3 Å². The Balaban J connectivity index is 0.00000304. The molecule has 3 heterocycles. The predicted molar refractivity (Wildman–Crippen MR) is 149 cm³/mol. The van der Waals surface area contributed by atoms with E-state index in [0.717, 1.165) is 61.5 Å². The van der Waals surface area contributed by atoms with Gasteiger partial charge in [0.15, 0.2) is 0 Å². The monoisotopic (exact) mass is 527 g/mol. The van der Waals surface area contributed by atoms with Gasteiger partial charge in [-0.3, -0.25) is 4.79 Å². The van der Waals surface area contributed by atoms with Crippen molar-refractivity contribution in [3.63, 3.8) is 0 Å². The highest BCUT2D eigenvalue weighted by Crippen LogP contribution is 2.33. The number of piperidine rings is 1. The third-order valence-corrected chi connectivity index (χ3v) is 7.91. The van der Waals surface area contributed by atoms with Gasteiger partial charge in [-0.05, 0) is 81.6 Å². The first-order valence-corrected chi connectivity index (χ1v) is 13.0. The molecule has 2 aliphatic rings. The second kappa shape index (κ2) is 11.2. The minimum atomic E-state index is 0. The number of halogens is 2. The van der Waals surface area contributed by atoms with Gasteiger partial charge >= 0.3 is 0 Å². The standard InChI is InChI=1S/C28H34ClN5O.ClH/c1-19-7-8-20(2)26(17-19)32-13-15-33(16-14-32)28(35)23-18-31-34(25-6-4-5-24(29)21(25)3)27(23)22-9-11-30-12-10-22;/h4-8,17-18,22,30H,9-16H2,1-3H3;1H. The molecule has 1 amide bonds. The molecule has 0 aliphatic carbocycles. The molecule has 8 heteroatoms. The van der Waals surface area contributed by atoms with Gasteiger partial charge in [0.2, 0.25) is 0 Å². The van der Waals surface area contributed by atoms with Gasteiger partial charge in [0, 0.05) is 42.8 Å². The maximum absolute atomic E-state index is 13.8. The van der Waals surface area contributed by atoms with Crippen LogP contribution in [0.5, 0.6) is 0 Å². The van der Waals surface area contributed by atoms with Crippen LogP contribution in [0.1, 0.15) is 51.5 Å². The summed E-state index contributed by atoms with van der Waals surface area (Å²) in [7, 11) is 0. The van der Waals surface area contributed by atoms with Crippen molar-refractivity contribution in [1.29, 1.82) is 0 Å². The Morgan fingerprint density at radius 2 is 1.72 bits per heavy atom. The molecule has 5 rings (SSSR count). The highest BCUT2D eigenvalue weighted by Gasteiger charge is 2.31. The first kappa shape index (κ1) is 26.5. The van der Waals surface area contributed by atoms with E-state index in [1.807, 2.05) is 34.7 Å². The molecule has 3 aromatic rings. The summed E-state index contributed by atoms with van der Waals surface area (Å²) in [4.78, 5) is 18.2. The molecule has 0 radical (unpaired) electrons. The topological polar surface area (TPSA) is 53.4 Å². The number of piperazine rings is 1. The fourth-order valence-corrected chi connectivity index (χ4v) is 5.58. The minimum absolute atomic E-state index is 0. The zero-order chi connectivity index (χ0) is 24.5. The summed E-state index contributed by atoms with van der Waals surface area (Å²) in [6.45, 7) is 11.3. The van der Waals surface area contributed by atoms with Gasteiger partial charge in [-0.1, -0.05) is 29.8 Å². The van der Waals surface area contributed by atoms with Crippen molar-refractivity contribution in [1.82, 2.24) is 20.0 Å². The predicted octanol–water partition coefficient (Wildman–Crippen LogP) is 5.30. The number of hydrogen-bond donors (Lipinski definition) is 1. The molecule has 192 valence electrons. The maximum Gasteiger partial charge on any atom is 0.257 e. The summed E-state index contributed by atoms with van der Waals surface area (Å²) in [5.74, 6) is 0.373. The molecular weight excluding hydrogens is 493 g/mol. The Hall–Kier alpha value is -2.54. The SMILES string of the molecule is Cc1ccc(C)c(N2CCN(C(=O)c3cnn(-c4cccc(Cl)c4C)c3C3CCNCC3)CC2)c1.Cl. The number of nitrogens with one attached hydrogen (secondary N) is 1. The Labute approximate surface area is 225 Å². The Bertz CT molecular complexity index is 1230. The van der Waals surface area contributed by atoms with Crippen LogP contribution in [-0.2, 0) is 0 Å². The number of benzene rings is 2. The van der Waals surface area contributed by atoms with Crippen LogP contribution >= 0.6 is 24.0 Å². The van der Waals surface area contributed by atoms with Crippen LogP contribution in [-0.4, -0.2) is 59.9 Å². The van der Waals surface area contributed by atoms with Crippen LogP contribution in [0.15, 0.2) is 42.6 Å². The normalized spacial score (nSPS) is 16.7. The lowest BCUT2D eigenvalue weighted by atomic mass is 9.91. The summed E-state index contributed by atoms with van der Waals surface area (Å²) in [6.07, 6.45) is 3.76. The average molecular weight is 529 g/mol. The van der Waals surface area contributed by atoms with Crippen molar-refractivity contribution < 1.29 is 4.79 Å². The number of carbonyl (C=O) groups excluding carboxylic acids is 1. The van der Waals surface area contributed by atoms with Crippen LogP contribution in [0.3, 0.4) is 0 Å². The van der Waals surface area contributed by atoms with E-state index in [-0.39, 0.29) is 24.2 Å². The fraction of sp³-hybridized carbons (Fsp3) is 0.429. The van der Waals surface area contributed by atoms with Crippen molar-refractivity contribution in [2.24, 2.45) is 0 Å². The largest absolute Gasteiger partial charge is 0.368 e. The molecular formula is C28H35Cl2N5O. The van der Waals surface area contributed by atoms with E-state index in [1.54, 1.807) is 6.20 Å². The fourth-order valence-electron chi connectivity index (χ4n) is 5.41. The molecule has 0 unspecified atom stereocenters. The summed E-state index contributed by atoms with van der Waals surface area (Å²) in [5, 5.41) is 8.90. The molecule has 2 fully saturated rings. The van der Waals surface area contributed by atoms with E-state index >= 15 is 0 Å². The van der Waals surface area contributed by atoms with Crippen LogP contribution in [0.2, 0.25) is 5.02 Å². The number of aromatic nitrogens is 2. The number of carbonyl (C=O) groups is 1. The Morgan fingerprint density at radius 1 is 1.00 bits per heavy atom. The zero-order valence-electron chi connectivity index (χ0n) is 21.3. The Morgan fingerprint density at radius 3 is 2.44 bits per heavy atom. The highest BCUT2D eigenvalue weighted by molar-refractivity contribution is 6.31. The van der Waals surface area contributed by atoms with Gasteiger partial charge in [-0.2, -0.15) is 5.10 Å². The first-order chi connectivity index (χ1) is 16.9. The molecule has 36 heavy (non-hydrogen) atoms.